The van der Waals surface area contributed by atoms with Crippen molar-refractivity contribution in [1.82, 2.24) is 4.98 Å². The van der Waals surface area contributed by atoms with E-state index in [0.29, 0.717) is 6.04 Å². The number of hydrogen-bond donors (Lipinski definition) is 1. The molecule has 11 heavy (non-hydrogen) atoms. The van der Waals surface area contributed by atoms with Crippen molar-refractivity contribution in [3.05, 3.63) is 29.6 Å². The van der Waals surface area contributed by atoms with E-state index in [-0.39, 0.29) is 0 Å². The first-order chi connectivity index (χ1) is 5.24. The maximum atomic E-state index is 4.21. The van der Waals surface area contributed by atoms with Crippen molar-refractivity contribution in [2.24, 2.45) is 0 Å². The highest BCUT2D eigenvalue weighted by Crippen LogP contribution is 2.09. The molecular formula is C9H15N2+. The van der Waals surface area contributed by atoms with Gasteiger partial charge in [-0.2, -0.15) is 0 Å². The SMILES string of the molecule is CC[C@H]([NH3+])c1ccc(C)nc1. The second-order valence-corrected chi connectivity index (χ2v) is 2.84. The largest absolute Gasteiger partial charge is 0.351 e. The van der Waals surface area contributed by atoms with Gasteiger partial charge in [-0.1, -0.05) is 6.92 Å². The lowest BCUT2D eigenvalue weighted by Crippen LogP contribution is -2.53. The summed E-state index contributed by atoms with van der Waals surface area (Å²) in [4.78, 5) is 4.21. The summed E-state index contributed by atoms with van der Waals surface area (Å²) in [6, 6.07) is 4.52. The molecule has 0 aliphatic carbocycles. The molecule has 1 aromatic rings. The third-order valence-corrected chi connectivity index (χ3v) is 1.90. The first kappa shape index (κ1) is 8.21. The van der Waals surface area contributed by atoms with E-state index in [0.717, 1.165) is 12.1 Å². The molecule has 0 aromatic carbocycles. The van der Waals surface area contributed by atoms with Gasteiger partial charge in [-0.3, -0.25) is 4.98 Å². The smallest absolute Gasteiger partial charge is 0.111 e. The van der Waals surface area contributed by atoms with E-state index in [9.17, 15) is 0 Å². The molecule has 2 heteroatoms. The van der Waals surface area contributed by atoms with Crippen molar-refractivity contribution in [1.29, 1.82) is 0 Å². The Labute approximate surface area is 67.5 Å². The van der Waals surface area contributed by atoms with Gasteiger partial charge in [0, 0.05) is 23.9 Å². The van der Waals surface area contributed by atoms with E-state index in [4.69, 9.17) is 0 Å². The number of pyridine rings is 1. The van der Waals surface area contributed by atoms with Gasteiger partial charge in [-0.05, 0) is 19.1 Å². The average Bonchev–Trinajstić information content (AvgIpc) is 2.05. The van der Waals surface area contributed by atoms with E-state index in [1.54, 1.807) is 0 Å². The average molecular weight is 151 g/mol. The van der Waals surface area contributed by atoms with Crippen molar-refractivity contribution in [3.8, 4) is 0 Å². The van der Waals surface area contributed by atoms with Gasteiger partial charge in [0.2, 0.25) is 0 Å². The molecule has 1 atom stereocenters. The molecule has 60 valence electrons. The van der Waals surface area contributed by atoms with Crippen LogP contribution in [0.15, 0.2) is 18.3 Å². The summed E-state index contributed by atoms with van der Waals surface area (Å²) in [6.07, 6.45) is 2.99. The molecule has 2 nitrogen and oxygen atoms in total. The highest BCUT2D eigenvalue weighted by molar-refractivity contribution is 5.14. The van der Waals surface area contributed by atoms with Gasteiger partial charge in [-0.15, -0.1) is 0 Å². The fourth-order valence-corrected chi connectivity index (χ4v) is 0.956. The minimum absolute atomic E-state index is 0.392. The molecule has 0 radical (unpaired) electrons. The molecule has 0 fully saturated rings. The summed E-state index contributed by atoms with van der Waals surface area (Å²) in [5, 5.41) is 0. The van der Waals surface area contributed by atoms with E-state index in [1.807, 2.05) is 19.2 Å². The van der Waals surface area contributed by atoms with Crippen LogP contribution in [0.5, 0.6) is 0 Å². The molecule has 0 aliphatic rings. The minimum atomic E-state index is 0.392. The molecule has 0 saturated heterocycles. The van der Waals surface area contributed by atoms with Crippen LogP contribution in [0.1, 0.15) is 30.6 Å². The van der Waals surface area contributed by atoms with E-state index >= 15 is 0 Å². The van der Waals surface area contributed by atoms with Crippen LogP contribution in [0, 0.1) is 6.92 Å². The molecule has 3 N–H and O–H groups in total. The summed E-state index contributed by atoms with van der Waals surface area (Å²) >= 11 is 0. The highest BCUT2D eigenvalue weighted by Gasteiger charge is 2.05. The Morgan fingerprint density at radius 2 is 2.27 bits per heavy atom. The molecule has 0 saturated carbocycles. The molecule has 1 heterocycles. The quantitative estimate of drug-likeness (QED) is 0.675. The first-order valence-corrected chi connectivity index (χ1v) is 3.99. The van der Waals surface area contributed by atoms with Crippen molar-refractivity contribution < 1.29 is 5.73 Å². The first-order valence-electron chi connectivity index (χ1n) is 3.99. The summed E-state index contributed by atoms with van der Waals surface area (Å²) in [7, 11) is 0. The molecule has 0 bridgehead atoms. The van der Waals surface area contributed by atoms with Gasteiger partial charge in [-0.25, -0.2) is 0 Å². The van der Waals surface area contributed by atoms with Crippen LogP contribution in [0.2, 0.25) is 0 Å². The number of aromatic nitrogens is 1. The predicted octanol–water partition coefficient (Wildman–Crippen LogP) is 1.08. The number of rotatable bonds is 2. The second-order valence-electron chi connectivity index (χ2n) is 2.84. The zero-order chi connectivity index (χ0) is 8.27. The lowest BCUT2D eigenvalue weighted by Gasteiger charge is -2.04. The molecule has 0 spiro atoms. The Hall–Kier alpha value is -0.890. The molecular weight excluding hydrogens is 136 g/mol. The van der Waals surface area contributed by atoms with E-state index < -0.39 is 0 Å². The van der Waals surface area contributed by atoms with Gasteiger partial charge in [0.05, 0.1) is 0 Å². The van der Waals surface area contributed by atoms with Crippen LogP contribution in [-0.2, 0) is 0 Å². The van der Waals surface area contributed by atoms with Crippen LogP contribution in [-0.4, -0.2) is 4.98 Å². The van der Waals surface area contributed by atoms with Crippen LogP contribution >= 0.6 is 0 Å². The molecule has 0 unspecified atom stereocenters. The van der Waals surface area contributed by atoms with Gasteiger partial charge in [0.15, 0.2) is 0 Å². The Morgan fingerprint density at radius 3 is 2.73 bits per heavy atom. The highest BCUT2D eigenvalue weighted by atomic mass is 14.7. The van der Waals surface area contributed by atoms with Crippen LogP contribution < -0.4 is 5.73 Å². The summed E-state index contributed by atoms with van der Waals surface area (Å²) in [5.74, 6) is 0. The third-order valence-electron chi connectivity index (χ3n) is 1.90. The number of nitrogens with zero attached hydrogens (tertiary/aromatic N) is 1. The van der Waals surface area contributed by atoms with Crippen LogP contribution in [0.3, 0.4) is 0 Å². The standard InChI is InChI=1S/C9H14N2/c1-3-9(10)8-5-4-7(2)11-6-8/h4-6,9H,3,10H2,1-2H3/p+1/t9-/m0/s1. The summed E-state index contributed by atoms with van der Waals surface area (Å²) in [5.41, 5.74) is 6.32. The van der Waals surface area contributed by atoms with Gasteiger partial charge >= 0.3 is 0 Å². The lowest BCUT2D eigenvalue weighted by atomic mass is 10.1. The number of quaternary nitrogens is 1. The number of hydrogen-bond acceptors (Lipinski definition) is 1. The maximum absolute atomic E-state index is 4.21. The van der Waals surface area contributed by atoms with E-state index in [2.05, 4.69) is 23.7 Å². The van der Waals surface area contributed by atoms with Crippen LogP contribution in [0.4, 0.5) is 0 Å². The van der Waals surface area contributed by atoms with Crippen molar-refractivity contribution in [3.63, 3.8) is 0 Å². The Bertz CT molecular complexity index is 216. The van der Waals surface area contributed by atoms with E-state index in [1.165, 1.54) is 5.56 Å². The molecule has 1 aromatic heterocycles. The van der Waals surface area contributed by atoms with Crippen molar-refractivity contribution >= 4 is 0 Å². The monoisotopic (exact) mass is 151 g/mol. The third kappa shape index (κ3) is 2.02. The predicted molar refractivity (Wildman–Crippen MR) is 44.9 cm³/mol. The van der Waals surface area contributed by atoms with Gasteiger partial charge < -0.3 is 5.73 Å². The lowest BCUT2D eigenvalue weighted by molar-refractivity contribution is -0.427. The van der Waals surface area contributed by atoms with Crippen molar-refractivity contribution in [2.75, 3.05) is 0 Å². The second kappa shape index (κ2) is 3.49. The van der Waals surface area contributed by atoms with Gasteiger partial charge in [0.1, 0.15) is 6.04 Å². The summed E-state index contributed by atoms with van der Waals surface area (Å²) in [6.45, 7) is 4.13. The number of aryl methyl sites for hydroxylation is 1. The Morgan fingerprint density at radius 1 is 1.55 bits per heavy atom. The topological polar surface area (TPSA) is 40.5 Å². The Balaban J connectivity index is 2.81. The zero-order valence-electron chi connectivity index (χ0n) is 7.17. The minimum Gasteiger partial charge on any atom is -0.351 e. The Kier molecular flexibility index (Phi) is 2.60. The van der Waals surface area contributed by atoms with Crippen LogP contribution in [0.25, 0.3) is 0 Å². The maximum Gasteiger partial charge on any atom is 0.111 e. The zero-order valence-corrected chi connectivity index (χ0v) is 7.17. The fraction of sp³-hybridized carbons (Fsp3) is 0.444. The van der Waals surface area contributed by atoms with Gasteiger partial charge in [0.25, 0.3) is 0 Å². The molecule has 1 rings (SSSR count). The van der Waals surface area contributed by atoms with Crippen molar-refractivity contribution in [2.45, 2.75) is 26.3 Å². The fourth-order valence-electron chi connectivity index (χ4n) is 0.956. The summed E-state index contributed by atoms with van der Waals surface area (Å²) < 4.78 is 0. The normalized spacial score (nSPS) is 13.0. The molecule has 0 amide bonds. The molecule has 0 aliphatic heterocycles.